The van der Waals surface area contributed by atoms with Gasteiger partial charge in [0.2, 0.25) is 5.78 Å². The highest BCUT2D eigenvalue weighted by Gasteiger charge is 2.27. The molecule has 0 radical (unpaired) electrons. The first-order valence-corrected chi connectivity index (χ1v) is 5.05. The Morgan fingerprint density at radius 1 is 1.50 bits per heavy atom. The molecule has 5 heteroatoms. The summed E-state index contributed by atoms with van der Waals surface area (Å²) in [5, 5.41) is 0. The Kier molecular flexibility index (Phi) is 3.00. The maximum atomic E-state index is 11.8. The number of ketones is 1. The van der Waals surface area contributed by atoms with Crippen molar-refractivity contribution < 1.29 is 18.7 Å². The third-order valence-corrected chi connectivity index (χ3v) is 2.57. The van der Waals surface area contributed by atoms with Gasteiger partial charge in [-0.05, 0) is 22.0 Å². The summed E-state index contributed by atoms with van der Waals surface area (Å²) in [6.07, 6.45) is 0.923. The molecule has 0 aliphatic carbocycles. The molecular weight excluding hydrogens is 252 g/mol. The van der Waals surface area contributed by atoms with Crippen molar-refractivity contribution in [2.24, 2.45) is 0 Å². The van der Waals surface area contributed by atoms with Gasteiger partial charge in [0, 0.05) is 0 Å². The number of rotatable bonds is 2. The monoisotopic (exact) mass is 260 g/mol. The lowest BCUT2D eigenvalue weighted by atomic mass is 10.2. The highest BCUT2D eigenvalue weighted by atomic mass is 79.9. The van der Waals surface area contributed by atoms with E-state index in [1.807, 2.05) is 0 Å². The topological polar surface area (TPSA) is 48.7 Å². The van der Waals surface area contributed by atoms with Crippen molar-refractivity contribution >= 4 is 21.7 Å². The third kappa shape index (κ3) is 1.89. The van der Waals surface area contributed by atoms with Gasteiger partial charge in [-0.3, -0.25) is 4.79 Å². The Hall–Kier alpha value is -0.650. The van der Waals surface area contributed by atoms with Gasteiger partial charge in [-0.15, -0.1) is 0 Å². The molecule has 14 heavy (non-hydrogen) atoms. The molecule has 4 nitrogen and oxygen atoms in total. The summed E-state index contributed by atoms with van der Waals surface area (Å²) in [6, 6.07) is 1.68. The van der Waals surface area contributed by atoms with Gasteiger partial charge in [-0.1, -0.05) is 0 Å². The summed E-state index contributed by atoms with van der Waals surface area (Å²) < 4.78 is 16.1. The first kappa shape index (κ1) is 9.89. The normalized spacial score (nSPS) is 22.2. The Bertz CT molecular complexity index is 327. The predicted octanol–water partition coefficient (Wildman–Crippen LogP) is 1.64. The summed E-state index contributed by atoms with van der Waals surface area (Å²) in [7, 11) is 0. The number of halogens is 1. The van der Waals surface area contributed by atoms with Crippen LogP contribution >= 0.6 is 15.9 Å². The van der Waals surface area contributed by atoms with Crippen LogP contribution < -0.4 is 0 Å². The summed E-state index contributed by atoms with van der Waals surface area (Å²) in [5.41, 5.74) is 0. The average molecular weight is 261 g/mol. The lowest BCUT2D eigenvalue weighted by molar-refractivity contribution is -0.0726. The lowest BCUT2D eigenvalue weighted by Crippen LogP contribution is -2.35. The number of ether oxygens (including phenoxy) is 2. The number of Topliss-reactive ketones (excluding diaryl/α,β-unsaturated/α-hetero) is 1. The molecular formula is C9H9BrO4. The van der Waals surface area contributed by atoms with Crippen LogP contribution in [-0.2, 0) is 9.47 Å². The predicted molar refractivity (Wildman–Crippen MR) is 51.3 cm³/mol. The van der Waals surface area contributed by atoms with Crippen LogP contribution in [0.5, 0.6) is 0 Å². The van der Waals surface area contributed by atoms with Crippen molar-refractivity contribution in [1.29, 1.82) is 0 Å². The molecule has 1 aromatic heterocycles. The summed E-state index contributed by atoms with van der Waals surface area (Å²) in [6.45, 7) is 1.30. The maximum Gasteiger partial charge on any atom is 0.230 e. The molecule has 1 aliphatic heterocycles. The van der Waals surface area contributed by atoms with Crippen molar-refractivity contribution in [1.82, 2.24) is 0 Å². The molecule has 1 unspecified atom stereocenters. The SMILES string of the molecule is O=C(c1occc1Br)C1COCCO1. The number of hydrogen-bond donors (Lipinski definition) is 0. The minimum atomic E-state index is -0.536. The standard InChI is InChI=1S/C9H9BrO4/c10-6-1-2-14-9(6)8(11)7-5-12-3-4-13-7/h1-2,7H,3-5H2. The van der Waals surface area contributed by atoms with Crippen molar-refractivity contribution in [2.75, 3.05) is 19.8 Å². The Morgan fingerprint density at radius 2 is 2.36 bits per heavy atom. The van der Waals surface area contributed by atoms with Gasteiger partial charge in [-0.2, -0.15) is 0 Å². The average Bonchev–Trinajstić information content (AvgIpc) is 2.65. The second kappa shape index (κ2) is 4.25. The van der Waals surface area contributed by atoms with E-state index in [0.29, 0.717) is 30.1 Å². The van der Waals surface area contributed by atoms with E-state index in [2.05, 4.69) is 15.9 Å². The van der Waals surface area contributed by atoms with Gasteiger partial charge >= 0.3 is 0 Å². The van der Waals surface area contributed by atoms with Gasteiger partial charge in [0.05, 0.1) is 30.6 Å². The van der Waals surface area contributed by atoms with Crippen LogP contribution in [0.4, 0.5) is 0 Å². The van der Waals surface area contributed by atoms with Gasteiger partial charge < -0.3 is 13.9 Å². The molecule has 2 heterocycles. The smallest absolute Gasteiger partial charge is 0.230 e. The molecule has 1 aromatic rings. The van der Waals surface area contributed by atoms with Crippen molar-refractivity contribution in [3.63, 3.8) is 0 Å². The molecule has 0 N–H and O–H groups in total. The second-order valence-corrected chi connectivity index (χ2v) is 3.75. The summed E-state index contributed by atoms with van der Waals surface area (Å²) in [5.74, 6) is 0.113. The minimum absolute atomic E-state index is 0.179. The van der Waals surface area contributed by atoms with E-state index < -0.39 is 6.10 Å². The van der Waals surface area contributed by atoms with E-state index in [4.69, 9.17) is 13.9 Å². The third-order valence-electron chi connectivity index (χ3n) is 1.95. The zero-order valence-electron chi connectivity index (χ0n) is 7.36. The number of hydrogen-bond acceptors (Lipinski definition) is 4. The van der Waals surface area contributed by atoms with Crippen molar-refractivity contribution in [3.8, 4) is 0 Å². The van der Waals surface area contributed by atoms with Gasteiger partial charge in [0.25, 0.3) is 0 Å². The van der Waals surface area contributed by atoms with Gasteiger partial charge in [0.1, 0.15) is 6.10 Å². The van der Waals surface area contributed by atoms with Crippen LogP contribution in [0, 0.1) is 0 Å². The van der Waals surface area contributed by atoms with Gasteiger partial charge in [-0.25, -0.2) is 0 Å². The fraction of sp³-hybridized carbons (Fsp3) is 0.444. The van der Waals surface area contributed by atoms with E-state index in [1.165, 1.54) is 6.26 Å². The molecule has 1 saturated heterocycles. The molecule has 76 valence electrons. The maximum absolute atomic E-state index is 11.8. The largest absolute Gasteiger partial charge is 0.460 e. The summed E-state index contributed by atoms with van der Waals surface area (Å²) in [4.78, 5) is 11.8. The molecule has 0 bridgehead atoms. The second-order valence-electron chi connectivity index (χ2n) is 2.90. The first-order chi connectivity index (χ1) is 6.79. The van der Waals surface area contributed by atoms with Crippen molar-refractivity contribution in [3.05, 3.63) is 22.6 Å². The summed E-state index contributed by atoms with van der Waals surface area (Å²) >= 11 is 3.22. The van der Waals surface area contributed by atoms with Crippen molar-refractivity contribution in [2.45, 2.75) is 6.10 Å². The zero-order chi connectivity index (χ0) is 9.97. The van der Waals surface area contributed by atoms with E-state index in [1.54, 1.807) is 6.07 Å². The van der Waals surface area contributed by atoms with Crippen LogP contribution in [0.1, 0.15) is 10.6 Å². The molecule has 1 atom stereocenters. The van der Waals surface area contributed by atoms with Gasteiger partial charge in [0.15, 0.2) is 5.76 Å². The van der Waals surface area contributed by atoms with Crippen LogP contribution in [0.3, 0.4) is 0 Å². The van der Waals surface area contributed by atoms with E-state index in [0.717, 1.165) is 0 Å². The molecule has 0 spiro atoms. The van der Waals surface area contributed by atoms with Crippen LogP contribution in [0.2, 0.25) is 0 Å². The molecule has 0 aromatic carbocycles. The van der Waals surface area contributed by atoms with Crippen LogP contribution in [0.15, 0.2) is 21.2 Å². The molecule has 2 rings (SSSR count). The van der Waals surface area contributed by atoms with E-state index >= 15 is 0 Å². The minimum Gasteiger partial charge on any atom is -0.460 e. The highest BCUT2D eigenvalue weighted by molar-refractivity contribution is 9.10. The highest BCUT2D eigenvalue weighted by Crippen LogP contribution is 2.20. The Labute approximate surface area is 89.3 Å². The zero-order valence-corrected chi connectivity index (χ0v) is 8.95. The number of carbonyl (C=O) groups excluding carboxylic acids is 1. The number of carbonyl (C=O) groups is 1. The van der Waals surface area contributed by atoms with E-state index in [9.17, 15) is 4.79 Å². The molecule has 0 saturated carbocycles. The Morgan fingerprint density at radius 3 is 2.93 bits per heavy atom. The fourth-order valence-electron chi connectivity index (χ4n) is 1.25. The fourth-order valence-corrected chi connectivity index (χ4v) is 1.65. The number of furan rings is 1. The van der Waals surface area contributed by atoms with Crippen LogP contribution in [0.25, 0.3) is 0 Å². The molecule has 1 aliphatic rings. The molecule has 1 fully saturated rings. The van der Waals surface area contributed by atoms with Crippen LogP contribution in [-0.4, -0.2) is 31.7 Å². The first-order valence-electron chi connectivity index (χ1n) is 4.25. The quantitative estimate of drug-likeness (QED) is 0.759. The lowest BCUT2D eigenvalue weighted by Gasteiger charge is -2.20. The van der Waals surface area contributed by atoms with E-state index in [-0.39, 0.29) is 5.78 Å². The Balaban J connectivity index is 2.11. The molecule has 0 amide bonds.